The van der Waals surface area contributed by atoms with E-state index in [0.29, 0.717) is 50.9 Å². The summed E-state index contributed by atoms with van der Waals surface area (Å²) in [5, 5.41) is 0. The molecule has 142 valence electrons. The van der Waals surface area contributed by atoms with Crippen LogP contribution < -0.4 is 4.90 Å². The molecular formula is C20H25N5O2. The van der Waals surface area contributed by atoms with Gasteiger partial charge in [-0.1, -0.05) is 30.3 Å². The van der Waals surface area contributed by atoms with Crippen molar-refractivity contribution in [1.29, 1.82) is 0 Å². The van der Waals surface area contributed by atoms with Crippen LogP contribution in [0, 0.1) is 0 Å². The van der Waals surface area contributed by atoms with Gasteiger partial charge in [0, 0.05) is 52.4 Å². The molecule has 0 saturated carbocycles. The van der Waals surface area contributed by atoms with Crippen molar-refractivity contribution in [2.45, 2.75) is 20.4 Å². The summed E-state index contributed by atoms with van der Waals surface area (Å²) in [4.78, 5) is 38.8. The average Bonchev–Trinajstić information content (AvgIpc) is 2.72. The van der Waals surface area contributed by atoms with Crippen LogP contribution in [-0.4, -0.2) is 64.3 Å². The number of carbonyl (C=O) groups excluding carboxylic acids is 2. The summed E-state index contributed by atoms with van der Waals surface area (Å²) in [6.45, 7) is 7.31. The highest BCUT2D eigenvalue weighted by atomic mass is 16.2. The van der Waals surface area contributed by atoms with Crippen molar-refractivity contribution in [3.63, 3.8) is 0 Å². The van der Waals surface area contributed by atoms with Crippen molar-refractivity contribution in [2.24, 2.45) is 0 Å². The van der Waals surface area contributed by atoms with Gasteiger partial charge in [-0.15, -0.1) is 0 Å². The minimum absolute atomic E-state index is 0.0824. The number of aromatic nitrogens is 2. The van der Waals surface area contributed by atoms with E-state index in [-0.39, 0.29) is 11.8 Å². The lowest BCUT2D eigenvalue weighted by Gasteiger charge is -2.34. The Morgan fingerprint density at radius 3 is 2.41 bits per heavy atom. The lowest BCUT2D eigenvalue weighted by Crippen LogP contribution is -2.48. The Balaban J connectivity index is 1.70. The Labute approximate surface area is 159 Å². The molecule has 0 N–H and O–H groups in total. The van der Waals surface area contributed by atoms with Crippen molar-refractivity contribution in [3.8, 4) is 0 Å². The Morgan fingerprint density at radius 2 is 1.78 bits per heavy atom. The Hall–Kier alpha value is -2.96. The fourth-order valence-electron chi connectivity index (χ4n) is 3.13. The van der Waals surface area contributed by atoms with Crippen LogP contribution in [0.2, 0.25) is 0 Å². The first-order valence-corrected chi connectivity index (χ1v) is 9.25. The molecule has 2 aromatic rings. The van der Waals surface area contributed by atoms with E-state index < -0.39 is 0 Å². The summed E-state index contributed by atoms with van der Waals surface area (Å²) >= 11 is 0. The monoisotopic (exact) mass is 367 g/mol. The largest absolute Gasteiger partial charge is 0.339 e. The fraction of sp³-hybridized carbons (Fsp3) is 0.400. The molecule has 1 fully saturated rings. The summed E-state index contributed by atoms with van der Waals surface area (Å²) < 4.78 is 0. The van der Waals surface area contributed by atoms with Gasteiger partial charge in [0.15, 0.2) is 0 Å². The number of hydrogen-bond donors (Lipinski definition) is 0. The topological polar surface area (TPSA) is 69.6 Å². The molecule has 0 bridgehead atoms. The van der Waals surface area contributed by atoms with Gasteiger partial charge in [-0.3, -0.25) is 9.59 Å². The molecule has 0 atom stereocenters. The quantitative estimate of drug-likeness (QED) is 0.806. The highest BCUT2D eigenvalue weighted by molar-refractivity contribution is 5.92. The van der Waals surface area contributed by atoms with Crippen LogP contribution in [0.15, 0.2) is 42.6 Å². The molecule has 7 heteroatoms. The van der Waals surface area contributed by atoms with Crippen LogP contribution in [0.25, 0.3) is 0 Å². The number of amides is 2. The van der Waals surface area contributed by atoms with Gasteiger partial charge in [0.25, 0.3) is 5.91 Å². The molecule has 1 aliphatic heterocycles. The van der Waals surface area contributed by atoms with Gasteiger partial charge < -0.3 is 14.7 Å². The van der Waals surface area contributed by atoms with Gasteiger partial charge in [-0.05, 0) is 18.6 Å². The predicted octanol–water partition coefficient (Wildman–Crippen LogP) is 1.81. The van der Waals surface area contributed by atoms with E-state index in [0.717, 1.165) is 5.56 Å². The maximum absolute atomic E-state index is 12.9. The zero-order valence-electron chi connectivity index (χ0n) is 15.8. The van der Waals surface area contributed by atoms with Crippen LogP contribution in [0.3, 0.4) is 0 Å². The van der Waals surface area contributed by atoms with E-state index in [1.54, 1.807) is 24.1 Å². The first kappa shape index (κ1) is 18.8. The van der Waals surface area contributed by atoms with Crippen molar-refractivity contribution in [3.05, 3.63) is 53.9 Å². The van der Waals surface area contributed by atoms with Crippen molar-refractivity contribution in [2.75, 3.05) is 37.6 Å². The van der Waals surface area contributed by atoms with Crippen LogP contribution in [0.5, 0.6) is 0 Å². The highest BCUT2D eigenvalue weighted by Gasteiger charge is 2.22. The second-order valence-corrected chi connectivity index (χ2v) is 6.54. The summed E-state index contributed by atoms with van der Waals surface area (Å²) in [6, 6.07) is 11.6. The predicted molar refractivity (Wildman–Crippen MR) is 103 cm³/mol. The number of benzene rings is 1. The number of anilines is 1. The van der Waals surface area contributed by atoms with E-state index in [9.17, 15) is 9.59 Å². The molecule has 0 unspecified atom stereocenters. The first-order valence-electron chi connectivity index (χ1n) is 9.25. The van der Waals surface area contributed by atoms with Crippen LogP contribution >= 0.6 is 0 Å². The minimum Gasteiger partial charge on any atom is -0.339 e. The van der Waals surface area contributed by atoms with E-state index in [2.05, 4.69) is 9.97 Å². The maximum atomic E-state index is 12.9. The lowest BCUT2D eigenvalue weighted by molar-refractivity contribution is -0.129. The van der Waals surface area contributed by atoms with Gasteiger partial charge in [0.2, 0.25) is 11.9 Å². The molecule has 0 aliphatic carbocycles. The molecule has 27 heavy (non-hydrogen) atoms. The van der Waals surface area contributed by atoms with Crippen molar-refractivity contribution in [1.82, 2.24) is 19.8 Å². The number of rotatable bonds is 5. The normalized spacial score (nSPS) is 14.1. The van der Waals surface area contributed by atoms with E-state index in [1.807, 2.05) is 47.1 Å². The summed E-state index contributed by atoms with van der Waals surface area (Å²) in [5.74, 6) is 0.520. The van der Waals surface area contributed by atoms with Crippen molar-refractivity contribution >= 4 is 17.8 Å². The van der Waals surface area contributed by atoms with E-state index in [1.165, 1.54) is 0 Å². The molecule has 2 heterocycles. The summed E-state index contributed by atoms with van der Waals surface area (Å²) in [5.41, 5.74) is 1.48. The summed E-state index contributed by atoms with van der Waals surface area (Å²) in [7, 11) is 0. The molecular weight excluding hydrogens is 342 g/mol. The first-order chi connectivity index (χ1) is 13.1. The zero-order chi connectivity index (χ0) is 19.2. The molecule has 2 amide bonds. The molecule has 0 spiro atoms. The fourth-order valence-corrected chi connectivity index (χ4v) is 3.13. The van der Waals surface area contributed by atoms with Crippen molar-refractivity contribution < 1.29 is 9.59 Å². The average molecular weight is 367 g/mol. The molecule has 1 saturated heterocycles. The van der Waals surface area contributed by atoms with Gasteiger partial charge in [0.05, 0.1) is 0 Å². The van der Waals surface area contributed by atoms with Crippen LogP contribution in [-0.2, 0) is 11.3 Å². The second-order valence-electron chi connectivity index (χ2n) is 6.54. The minimum atomic E-state index is -0.104. The van der Waals surface area contributed by atoms with Gasteiger partial charge in [0.1, 0.15) is 5.69 Å². The van der Waals surface area contributed by atoms with Crippen LogP contribution in [0.1, 0.15) is 29.9 Å². The molecule has 1 aromatic heterocycles. The third-order valence-corrected chi connectivity index (χ3v) is 4.76. The highest BCUT2D eigenvalue weighted by Crippen LogP contribution is 2.14. The van der Waals surface area contributed by atoms with Gasteiger partial charge >= 0.3 is 0 Å². The SMILES string of the molecule is CCN(Cc1ccccc1)C(=O)c1ccnc(N2CCN(C(C)=O)CC2)n1. The number of hydrogen-bond acceptors (Lipinski definition) is 5. The molecule has 3 rings (SSSR count). The molecule has 1 aromatic carbocycles. The number of piperazine rings is 1. The van der Waals surface area contributed by atoms with Crippen LogP contribution in [0.4, 0.5) is 5.95 Å². The second kappa shape index (κ2) is 8.62. The maximum Gasteiger partial charge on any atom is 0.272 e. The lowest BCUT2D eigenvalue weighted by atomic mass is 10.2. The Kier molecular flexibility index (Phi) is 6.01. The van der Waals surface area contributed by atoms with E-state index in [4.69, 9.17) is 0 Å². The third kappa shape index (κ3) is 4.61. The number of carbonyl (C=O) groups is 2. The van der Waals surface area contributed by atoms with Gasteiger partial charge in [-0.25, -0.2) is 9.97 Å². The molecule has 1 aliphatic rings. The van der Waals surface area contributed by atoms with Gasteiger partial charge in [-0.2, -0.15) is 0 Å². The summed E-state index contributed by atoms with van der Waals surface area (Å²) in [6.07, 6.45) is 1.63. The molecule has 7 nitrogen and oxygen atoms in total. The molecule has 0 radical (unpaired) electrons. The number of nitrogens with zero attached hydrogens (tertiary/aromatic N) is 5. The smallest absolute Gasteiger partial charge is 0.272 e. The zero-order valence-corrected chi connectivity index (χ0v) is 15.8. The Morgan fingerprint density at radius 1 is 1.07 bits per heavy atom. The van der Waals surface area contributed by atoms with E-state index >= 15 is 0 Å². The standard InChI is InChI=1S/C20H25N5O2/c1-3-23(15-17-7-5-4-6-8-17)19(27)18-9-10-21-20(22-18)25-13-11-24(12-14-25)16(2)26/h4-10H,3,11-15H2,1-2H3. The Bertz CT molecular complexity index is 788. The third-order valence-electron chi connectivity index (χ3n) is 4.76.